The third-order valence-corrected chi connectivity index (χ3v) is 7.23. The van der Waals surface area contributed by atoms with Crippen molar-refractivity contribution >= 4 is 22.9 Å². The molecule has 0 unspecified atom stereocenters. The Balaban J connectivity index is 1.25. The van der Waals surface area contributed by atoms with E-state index >= 15 is 0 Å². The van der Waals surface area contributed by atoms with Gasteiger partial charge in [-0.15, -0.1) is 11.3 Å². The number of fused-ring (bicyclic) bond motifs is 4. The molecule has 1 amide bonds. The second kappa shape index (κ2) is 6.18. The first-order valence-corrected chi connectivity index (χ1v) is 11.0. The molecular weight excluding hydrogens is 384 g/mol. The van der Waals surface area contributed by atoms with Crippen molar-refractivity contribution in [1.29, 1.82) is 0 Å². The Morgan fingerprint density at radius 3 is 2.86 bits per heavy atom. The normalized spacial score (nSPS) is 24.3. The van der Waals surface area contributed by atoms with Crippen molar-refractivity contribution < 1.29 is 9.53 Å². The molecule has 2 fully saturated rings. The lowest BCUT2D eigenvalue weighted by Crippen LogP contribution is -2.48. The van der Waals surface area contributed by atoms with E-state index in [-0.39, 0.29) is 17.0 Å². The third kappa shape index (κ3) is 2.57. The Labute approximate surface area is 173 Å². The van der Waals surface area contributed by atoms with Crippen LogP contribution in [0.3, 0.4) is 0 Å². The molecule has 3 aliphatic rings. The lowest BCUT2D eigenvalue weighted by Gasteiger charge is -2.41. The minimum Gasteiger partial charge on any atom is -0.372 e. The average Bonchev–Trinajstić information content (AvgIpc) is 3.50. The number of benzene rings is 1. The SMILES string of the molecule is O=C(c1cscn1)N1CCC2(CC1)C[C@@]1(CO2)Nc2ccccc2-n2cccc21. The van der Waals surface area contributed by atoms with Crippen LogP contribution in [0.5, 0.6) is 0 Å². The lowest BCUT2D eigenvalue weighted by molar-refractivity contribution is -0.0393. The molecule has 1 aromatic carbocycles. The average molecular weight is 407 g/mol. The molecule has 0 saturated carbocycles. The molecule has 5 heterocycles. The Bertz CT molecular complexity index is 1070. The zero-order valence-corrected chi connectivity index (χ0v) is 16.8. The van der Waals surface area contributed by atoms with Crippen LogP contribution in [0.2, 0.25) is 0 Å². The summed E-state index contributed by atoms with van der Waals surface area (Å²) in [5.74, 6) is 0.0346. The van der Waals surface area contributed by atoms with Gasteiger partial charge in [-0.25, -0.2) is 4.98 Å². The van der Waals surface area contributed by atoms with E-state index in [4.69, 9.17) is 4.74 Å². The number of para-hydroxylation sites is 2. The predicted octanol–water partition coefficient (Wildman–Crippen LogP) is 3.65. The first-order chi connectivity index (χ1) is 14.2. The van der Waals surface area contributed by atoms with Gasteiger partial charge in [0.05, 0.1) is 34.8 Å². The third-order valence-electron chi connectivity index (χ3n) is 6.64. The summed E-state index contributed by atoms with van der Waals surface area (Å²) in [5, 5.41) is 5.63. The molecule has 29 heavy (non-hydrogen) atoms. The molecule has 7 heteroatoms. The summed E-state index contributed by atoms with van der Waals surface area (Å²) in [4.78, 5) is 18.7. The van der Waals surface area contributed by atoms with Gasteiger partial charge < -0.3 is 19.5 Å². The number of rotatable bonds is 1. The zero-order chi connectivity index (χ0) is 19.5. The summed E-state index contributed by atoms with van der Waals surface area (Å²) in [5.41, 5.74) is 5.44. The highest BCUT2D eigenvalue weighted by Gasteiger charge is 2.54. The maximum Gasteiger partial charge on any atom is 0.273 e. The van der Waals surface area contributed by atoms with Crippen LogP contribution in [0.25, 0.3) is 5.69 Å². The molecule has 0 aliphatic carbocycles. The van der Waals surface area contributed by atoms with Crippen molar-refractivity contribution in [3.63, 3.8) is 0 Å². The van der Waals surface area contributed by atoms with Crippen molar-refractivity contribution in [3.8, 4) is 5.69 Å². The van der Waals surface area contributed by atoms with Gasteiger partial charge in [-0.1, -0.05) is 12.1 Å². The molecule has 3 aliphatic heterocycles. The van der Waals surface area contributed by atoms with Gasteiger partial charge in [0.2, 0.25) is 0 Å². The Kier molecular flexibility index (Phi) is 3.67. The summed E-state index contributed by atoms with van der Waals surface area (Å²) >= 11 is 1.46. The van der Waals surface area contributed by atoms with Gasteiger partial charge in [0.1, 0.15) is 11.2 Å². The Morgan fingerprint density at radius 1 is 1.17 bits per heavy atom. The van der Waals surface area contributed by atoms with Gasteiger partial charge in [-0.05, 0) is 37.1 Å². The van der Waals surface area contributed by atoms with Crippen LogP contribution in [0, 0.1) is 0 Å². The van der Waals surface area contributed by atoms with Crippen LogP contribution in [-0.4, -0.2) is 45.7 Å². The van der Waals surface area contributed by atoms with Crippen molar-refractivity contribution in [3.05, 3.63) is 64.9 Å². The maximum atomic E-state index is 12.6. The number of thiazole rings is 1. The quantitative estimate of drug-likeness (QED) is 0.670. The summed E-state index contributed by atoms with van der Waals surface area (Å²) in [6.45, 7) is 2.07. The van der Waals surface area contributed by atoms with Gasteiger partial charge in [0, 0.05) is 31.1 Å². The maximum absolute atomic E-state index is 12.6. The van der Waals surface area contributed by atoms with Gasteiger partial charge >= 0.3 is 0 Å². The number of anilines is 1. The van der Waals surface area contributed by atoms with Gasteiger partial charge in [-0.2, -0.15) is 0 Å². The highest BCUT2D eigenvalue weighted by atomic mass is 32.1. The highest BCUT2D eigenvalue weighted by Crippen LogP contribution is 2.50. The molecular formula is C22H22N4O2S. The number of hydrogen-bond donors (Lipinski definition) is 1. The minimum atomic E-state index is -0.223. The molecule has 2 aromatic heterocycles. The van der Waals surface area contributed by atoms with Gasteiger partial charge in [0.15, 0.2) is 0 Å². The summed E-state index contributed by atoms with van der Waals surface area (Å²) < 4.78 is 8.79. The van der Waals surface area contributed by atoms with E-state index in [1.807, 2.05) is 10.3 Å². The number of carbonyl (C=O) groups excluding carboxylic acids is 1. The lowest BCUT2D eigenvalue weighted by atomic mass is 9.79. The van der Waals surface area contributed by atoms with Gasteiger partial charge in [0.25, 0.3) is 5.91 Å². The van der Waals surface area contributed by atoms with Crippen molar-refractivity contribution in [2.45, 2.75) is 30.4 Å². The van der Waals surface area contributed by atoms with Crippen molar-refractivity contribution in [2.24, 2.45) is 0 Å². The monoisotopic (exact) mass is 406 g/mol. The molecule has 3 aromatic rings. The fourth-order valence-electron chi connectivity index (χ4n) is 5.18. The molecule has 2 saturated heterocycles. The second-order valence-electron chi connectivity index (χ2n) is 8.30. The number of nitrogens with zero attached hydrogens (tertiary/aromatic N) is 3. The number of amides is 1. The minimum absolute atomic E-state index is 0.0346. The molecule has 0 radical (unpaired) electrons. The summed E-state index contributed by atoms with van der Waals surface area (Å²) in [7, 11) is 0. The van der Waals surface area contributed by atoms with E-state index in [2.05, 4.69) is 57.5 Å². The van der Waals surface area contributed by atoms with E-state index in [0.29, 0.717) is 25.4 Å². The highest BCUT2D eigenvalue weighted by molar-refractivity contribution is 7.07. The fraction of sp³-hybridized carbons (Fsp3) is 0.364. The number of carbonyl (C=O) groups is 1. The first-order valence-electron chi connectivity index (χ1n) is 10.1. The van der Waals surface area contributed by atoms with Crippen LogP contribution in [-0.2, 0) is 10.3 Å². The summed E-state index contributed by atoms with van der Waals surface area (Å²) in [6.07, 6.45) is 4.76. The van der Waals surface area contributed by atoms with E-state index in [9.17, 15) is 4.79 Å². The first kappa shape index (κ1) is 17.2. The number of aromatic nitrogens is 2. The van der Waals surface area contributed by atoms with Crippen LogP contribution < -0.4 is 5.32 Å². The number of ether oxygens (including phenoxy) is 1. The van der Waals surface area contributed by atoms with E-state index in [1.54, 1.807) is 5.51 Å². The fourth-order valence-corrected chi connectivity index (χ4v) is 5.71. The van der Waals surface area contributed by atoms with Crippen LogP contribution in [0.15, 0.2) is 53.5 Å². The molecule has 6 nitrogen and oxygen atoms in total. The van der Waals surface area contributed by atoms with Crippen LogP contribution in [0.4, 0.5) is 5.69 Å². The summed E-state index contributed by atoms with van der Waals surface area (Å²) in [6, 6.07) is 12.7. The second-order valence-corrected chi connectivity index (χ2v) is 9.02. The number of hydrogen-bond acceptors (Lipinski definition) is 5. The largest absolute Gasteiger partial charge is 0.372 e. The smallest absolute Gasteiger partial charge is 0.273 e. The predicted molar refractivity (Wildman–Crippen MR) is 112 cm³/mol. The number of likely N-dealkylation sites (tertiary alicyclic amines) is 1. The molecule has 0 bridgehead atoms. The zero-order valence-electron chi connectivity index (χ0n) is 16.0. The van der Waals surface area contributed by atoms with Crippen LogP contribution in [0.1, 0.15) is 35.4 Å². The number of nitrogens with one attached hydrogen (secondary N) is 1. The van der Waals surface area contributed by atoms with Crippen molar-refractivity contribution in [2.75, 3.05) is 25.0 Å². The molecule has 148 valence electrons. The standard InChI is InChI=1S/C22H22N4O2S/c27-20(17-12-29-15-23-17)25-10-7-21(8-11-25)13-22(14-28-21)19-6-3-9-26(19)18-5-2-1-4-16(18)24-22/h1-6,9,12,15,24H,7-8,10-11,13-14H2/t22-/m0/s1. The molecule has 1 atom stereocenters. The number of piperidine rings is 1. The van der Waals surface area contributed by atoms with Crippen LogP contribution >= 0.6 is 11.3 Å². The molecule has 6 rings (SSSR count). The van der Waals surface area contributed by atoms with E-state index in [0.717, 1.165) is 24.9 Å². The van der Waals surface area contributed by atoms with Gasteiger partial charge in [-0.3, -0.25) is 4.79 Å². The topological polar surface area (TPSA) is 59.4 Å². The Hall–Kier alpha value is -2.64. The molecule has 1 N–H and O–H groups in total. The Morgan fingerprint density at radius 2 is 2.03 bits per heavy atom. The van der Waals surface area contributed by atoms with E-state index in [1.165, 1.54) is 22.7 Å². The molecule has 2 spiro atoms. The van der Waals surface area contributed by atoms with Crippen molar-refractivity contribution in [1.82, 2.24) is 14.5 Å². The van der Waals surface area contributed by atoms with E-state index < -0.39 is 0 Å².